The summed E-state index contributed by atoms with van der Waals surface area (Å²) < 4.78 is 18.0. The molecule has 112 valence electrons. The Labute approximate surface area is 129 Å². The molecule has 4 nitrogen and oxygen atoms in total. The molecule has 19 heavy (non-hydrogen) atoms. The van der Waals surface area contributed by atoms with Crippen molar-refractivity contribution in [1.82, 2.24) is 0 Å². The molecule has 1 fully saturated rings. The SMILES string of the molecule is CC(C)(C)OC(=O)CC1CC(CCI)OC(C)(C)O1. The third-order valence-electron chi connectivity index (χ3n) is 2.67. The van der Waals surface area contributed by atoms with Gasteiger partial charge in [-0.3, -0.25) is 4.79 Å². The molecule has 5 heteroatoms. The molecule has 0 radical (unpaired) electrons. The minimum atomic E-state index is -0.624. The van der Waals surface area contributed by atoms with Gasteiger partial charge in [0.25, 0.3) is 0 Å². The molecule has 0 aliphatic carbocycles. The minimum Gasteiger partial charge on any atom is -0.460 e. The summed E-state index contributed by atoms with van der Waals surface area (Å²) >= 11 is 2.34. The number of carbonyl (C=O) groups excluding carboxylic acids is 1. The van der Waals surface area contributed by atoms with Crippen LogP contribution >= 0.6 is 22.6 Å². The summed E-state index contributed by atoms with van der Waals surface area (Å²) in [6.45, 7) is 9.42. The van der Waals surface area contributed by atoms with Crippen LogP contribution in [-0.4, -0.2) is 34.0 Å². The molecule has 1 aliphatic rings. The Morgan fingerprint density at radius 2 is 1.89 bits per heavy atom. The molecule has 0 bridgehead atoms. The Balaban J connectivity index is 2.54. The minimum absolute atomic E-state index is 0.119. The van der Waals surface area contributed by atoms with E-state index in [1.54, 1.807) is 0 Å². The van der Waals surface area contributed by atoms with Crippen molar-refractivity contribution in [3.8, 4) is 0 Å². The highest BCUT2D eigenvalue weighted by atomic mass is 127. The van der Waals surface area contributed by atoms with Crippen LogP contribution in [0, 0.1) is 0 Å². The molecular weight excluding hydrogens is 359 g/mol. The maximum Gasteiger partial charge on any atom is 0.308 e. The number of alkyl halides is 1. The molecule has 1 aliphatic heterocycles. The highest BCUT2D eigenvalue weighted by Crippen LogP contribution is 2.30. The van der Waals surface area contributed by atoms with Crippen LogP contribution in [0.25, 0.3) is 0 Å². The van der Waals surface area contributed by atoms with E-state index in [2.05, 4.69) is 22.6 Å². The normalized spacial score (nSPS) is 27.1. The Kier molecular flexibility index (Phi) is 6.07. The number of rotatable bonds is 4. The van der Waals surface area contributed by atoms with E-state index in [-0.39, 0.29) is 18.2 Å². The zero-order chi connectivity index (χ0) is 14.7. The molecular formula is C14H25IO4. The second-order valence-corrected chi connectivity index (χ2v) is 7.46. The van der Waals surface area contributed by atoms with Gasteiger partial charge in [0.1, 0.15) is 5.60 Å². The molecule has 1 heterocycles. The molecule has 2 unspecified atom stereocenters. The Bertz CT molecular complexity index is 309. The van der Waals surface area contributed by atoms with Gasteiger partial charge >= 0.3 is 5.97 Å². The van der Waals surface area contributed by atoms with Gasteiger partial charge in [-0.2, -0.15) is 0 Å². The number of hydrogen-bond acceptors (Lipinski definition) is 4. The van der Waals surface area contributed by atoms with Gasteiger partial charge in [0.05, 0.1) is 18.6 Å². The second-order valence-electron chi connectivity index (χ2n) is 6.38. The van der Waals surface area contributed by atoms with Crippen molar-refractivity contribution in [3.05, 3.63) is 0 Å². The van der Waals surface area contributed by atoms with Crippen LogP contribution in [0.2, 0.25) is 0 Å². The van der Waals surface area contributed by atoms with Gasteiger partial charge in [0.15, 0.2) is 5.79 Å². The zero-order valence-electron chi connectivity index (χ0n) is 12.5. The summed E-state index contributed by atoms with van der Waals surface area (Å²) in [6, 6.07) is 0. The van der Waals surface area contributed by atoms with Crippen molar-refractivity contribution in [2.24, 2.45) is 0 Å². The van der Waals surface area contributed by atoms with E-state index < -0.39 is 11.4 Å². The standard InChI is InChI=1S/C14H25IO4/c1-13(2,3)19-12(16)9-11-8-10(6-7-15)17-14(4,5)18-11/h10-11H,6-9H2,1-5H3. The maximum absolute atomic E-state index is 11.9. The Morgan fingerprint density at radius 3 is 2.42 bits per heavy atom. The van der Waals surface area contributed by atoms with Gasteiger partial charge in [0, 0.05) is 10.8 Å². The van der Waals surface area contributed by atoms with Crippen LogP contribution in [0.1, 0.15) is 53.9 Å². The van der Waals surface area contributed by atoms with E-state index in [1.165, 1.54) is 0 Å². The predicted molar refractivity (Wildman–Crippen MR) is 82.4 cm³/mol. The van der Waals surface area contributed by atoms with E-state index >= 15 is 0 Å². The van der Waals surface area contributed by atoms with Crippen molar-refractivity contribution in [1.29, 1.82) is 0 Å². The molecule has 2 atom stereocenters. The van der Waals surface area contributed by atoms with Gasteiger partial charge in [-0.1, -0.05) is 22.6 Å². The summed E-state index contributed by atoms with van der Waals surface area (Å²) in [5, 5.41) is 0. The first-order valence-corrected chi connectivity index (χ1v) is 8.27. The number of carbonyl (C=O) groups is 1. The lowest BCUT2D eigenvalue weighted by molar-refractivity contribution is -0.299. The summed E-state index contributed by atoms with van der Waals surface area (Å²) in [6.07, 6.45) is 2.07. The molecule has 0 spiro atoms. The summed E-state index contributed by atoms with van der Waals surface area (Å²) in [4.78, 5) is 11.9. The largest absolute Gasteiger partial charge is 0.460 e. The fraction of sp³-hybridized carbons (Fsp3) is 0.929. The highest BCUT2D eigenvalue weighted by molar-refractivity contribution is 14.1. The monoisotopic (exact) mass is 384 g/mol. The first-order valence-electron chi connectivity index (χ1n) is 6.75. The van der Waals surface area contributed by atoms with Crippen LogP contribution in [-0.2, 0) is 19.0 Å². The van der Waals surface area contributed by atoms with Crippen LogP contribution in [0.5, 0.6) is 0 Å². The predicted octanol–water partition coefficient (Wildman–Crippen LogP) is 3.45. The fourth-order valence-corrected chi connectivity index (χ4v) is 2.91. The molecule has 0 aromatic heterocycles. The van der Waals surface area contributed by atoms with Crippen LogP contribution in [0.15, 0.2) is 0 Å². The van der Waals surface area contributed by atoms with E-state index in [0.29, 0.717) is 6.42 Å². The van der Waals surface area contributed by atoms with Gasteiger partial charge in [0.2, 0.25) is 0 Å². The van der Waals surface area contributed by atoms with Gasteiger partial charge < -0.3 is 14.2 Å². The number of ether oxygens (including phenoxy) is 3. The third kappa shape index (κ3) is 6.90. The van der Waals surface area contributed by atoms with Crippen molar-refractivity contribution in [2.75, 3.05) is 4.43 Å². The molecule has 1 saturated heterocycles. The summed E-state index contributed by atoms with van der Waals surface area (Å²) in [5.74, 6) is -0.829. The first kappa shape index (κ1) is 17.2. The lowest BCUT2D eigenvalue weighted by atomic mass is 10.0. The van der Waals surface area contributed by atoms with Crippen LogP contribution in [0.4, 0.5) is 0 Å². The van der Waals surface area contributed by atoms with Crippen molar-refractivity contribution in [2.45, 2.75) is 77.5 Å². The van der Waals surface area contributed by atoms with Crippen molar-refractivity contribution in [3.63, 3.8) is 0 Å². The second kappa shape index (κ2) is 6.72. The van der Waals surface area contributed by atoms with Crippen LogP contribution in [0.3, 0.4) is 0 Å². The fourth-order valence-electron chi connectivity index (χ4n) is 2.21. The first-order chi connectivity index (χ1) is 8.61. The Morgan fingerprint density at radius 1 is 1.32 bits per heavy atom. The molecule has 0 N–H and O–H groups in total. The number of esters is 1. The zero-order valence-corrected chi connectivity index (χ0v) is 14.7. The topological polar surface area (TPSA) is 44.8 Å². The third-order valence-corrected chi connectivity index (χ3v) is 3.30. The van der Waals surface area contributed by atoms with Crippen LogP contribution < -0.4 is 0 Å². The van der Waals surface area contributed by atoms with E-state index in [9.17, 15) is 4.79 Å². The van der Waals surface area contributed by atoms with E-state index in [0.717, 1.165) is 17.3 Å². The van der Waals surface area contributed by atoms with E-state index in [4.69, 9.17) is 14.2 Å². The molecule has 0 aromatic carbocycles. The van der Waals surface area contributed by atoms with Gasteiger partial charge in [-0.25, -0.2) is 0 Å². The highest BCUT2D eigenvalue weighted by Gasteiger charge is 2.36. The van der Waals surface area contributed by atoms with Gasteiger partial charge in [-0.05, 0) is 41.0 Å². The van der Waals surface area contributed by atoms with Gasteiger partial charge in [-0.15, -0.1) is 0 Å². The smallest absolute Gasteiger partial charge is 0.308 e. The number of hydrogen-bond donors (Lipinski definition) is 0. The van der Waals surface area contributed by atoms with Crippen molar-refractivity contribution < 1.29 is 19.0 Å². The summed E-state index contributed by atoms with van der Waals surface area (Å²) in [7, 11) is 0. The molecule has 0 aromatic rings. The Hall–Kier alpha value is 0.120. The summed E-state index contributed by atoms with van der Waals surface area (Å²) in [5.41, 5.74) is -0.445. The average Bonchev–Trinajstić information content (AvgIpc) is 2.10. The quantitative estimate of drug-likeness (QED) is 0.423. The average molecular weight is 384 g/mol. The maximum atomic E-state index is 11.9. The lowest BCUT2D eigenvalue weighted by Crippen LogP contribution is -2.45. The van der Waals surface area contributed by atoms with E-state index in [1.807, 2.05) is 34.6 Å². The van der Waals surface area contributed by atoms with Crippen molar-refractivity contribution >= 4 is 28.6 Å². The molecule has 0 saturated carbocycles. The molecule has 0 amide bonds. The molecule has 1 rings (SSSR count). The lowest BCUT2D eigenvalue weighted by Gasteiger charge is -2.40. The number of halogens is 1.